The number of amides is 1. The maximum absolute atomic E-state index is 13.0. The fourth-order valence-corrected chi connectivity index (χ4v) is 4.51. The summed E-state index contributed by atoms with van der Waals surface area (Å²) in [4.78, 5) is 21.5. The minimum atomic E-state index is 0.128. The van der Waals surface area contributed by atoms with Crippen molar-refractivity contribution in [3.05, 3.63) is 29.0 Å². The minimum absolute atomic E-state index is 0.128. The summed E-state index contributed by atoms with van der Waals surface area (Å²) < 4.78 is 0. The number of hydrogen-bond donors (Lipinski definition) is 1. The van der Waals surface area contributed by atoms with Crippen LogP contribution in [0, 0.1) is 0 Å². The molecular formula is C17H23N5OS. The Kier molecular flexibility index (Phi) is 4.51. The Labute approximate surface area is 145 Å². The Balaban J connectivity index is 1.43. The number of carbonyl (C=O) groups is 1. The van der Waals surface area contributed by atoms with Gasteiger partial charge in [-0.1, -0.05) is 19.3 Å². The van der Waals surface area contributed by atoms with Crippen molar-refractivity contribution in [2.24, 2.45) is 0 Å². The van der Waals surface area contributed by atoms with Gasteiger partial charge in [-0.05, 0) is 12.8 Å². The molecule has 0 radical (unpaired) electrons. The number of hydrogen-bond acceptors (Lipinski definition) is 5. The van der Waals surface area contributed by atoms with Crippen molar-refractivity contribution < 1.29 is 4.79 Å². The van der Waals surface area contributed by atoms with Gasteiger partial charge >= 0.3 is 0 Å². The zero-order valence-corrected chi connectivity index (χ0v) is 14.6. The molecule has 3 heterocycles. The van der Waals surface area contributed by atoms with Gasteiger partial charge in [-0.2, -0.15) is 5.10 Å². The van der Waals surface area contributed by atoms with E-state index in [-0.39, 0.29) is 5.91 Å². The van der Waals surface area contributed by atoms with E-state index >= 15 is 0 Å². The fourth-order valence-electron chi connectivity index (χ4n) is 3.81. The number of anilines is 1. The van der Waals surface area contributed by atoms with Gasteiger partial charge in [-0.25, -0.2) is 4.98 Å². The van der Waals surface area contributed by atoms with Crippen molar-refractivity contribution in [3.8, 4) is 0 Å². The van der Waals surface area contributed by atoms with Gasteiger partial charge in [0.2, 0.25) is 0 Å². The van der Waals surface area contributed by atoms with Crippen LogP contribution in [0.1, 0.15) is 54.1 Å². The number of piperazine rings is 1. The first kappa shape index (κ1) is 15.6. The van der Waals surface area contributed by atoms with Crippen molar-refractivity contribution in [1.82, 2.24) is 20.1 Å². The first-order chi connectivity index (χ1) is 11.8. The molecule has 1 aliphatic heterocycles. The molecule has 1 aliphatic carbocycles. The van der Waals surface area contributed by atoms with Crippen LogP contribution in [0.3, 0.4) is 0 Å². The topological polar surface area (TPSA) is 65.1 Å². The number of rotatable bonds is 3. The third-order valence-corrected chi connectivity index (χ3v) is 6.00. The van der Waals surface area contributed by atoms with Gasteiger partial charge in [-0.15, -0.1) is 11.3 Å². The number of nitrogens with one attached hydrogen (secondary N) is 1. The predicted molar refractivity (Wildman–Crippen MR) is 94.6 cm³/mol. The van der Waals surface area contributed by atoms with E-state index in [1.165, 1.54) is 32.1 Å². The summed E-state index contributed by atoms with van der Waals surface area (Å²) in [6, 6.07) is 0. The first-order valence-corrected chi connectivity index (χ1v) is 9.68. The molecule has 1 saturated carbocycles. The second-order valence-electron chi connectivity index (χ2n) is 6.63. The lowest BCUT2D eigenvalue weighted by molar-refractivity contribution is 0.0745. The van der Waals surface area contributed by atoms with Gasteiger partial charge in [-0.3, -0.25) is 9.89 Å². The van der Waals surface area contributed by atoms with Crippen LogP contribution >= 0.6 is 11.3 Å². The maximum atomic E-state index is 13.0. The van der Waals surface area contributed by atoms with Crippen molar-refractivity contribution in [2.75, 3.05) is 31.1 Å². The average Bonchev–Trinajstić information content (AvgIpc) is 3.34. The zero-order chi connectivity index (χ0) is 16.4. The number of carbonyl (C=O) groups excluding carboxylic acids is 1. The van der Waals surface area contributed by atoms with Gasteiger partial charge in [0.05, 0.1) is 17.5 Å². The molecule has 0 spiro atoms. The van der Waals surface area contributed by atoms with Crippen LogP contribution in [0.4, 0.5) is 5.13 Å². The lowest BCUT2D eigenvalue weighted by Gasteiger charge is -2.34. The molecule has 6 nitrogen and oxygen atoms in total. The van der Waals surface area contributed by atoms with Gasteiger partial charge in [0.15, 0.2) is 5.13 Å². The number of aromatic amines is 1. The van der Waals surface area contributed by atoms with Gasteiger partial charge in [0.1, 0.15) is 0 Å². The van der Waals surface area contributed by atoms with E-state index < -0.39 is 0 Å². The summed E-state index contributed by atoms with van der Waals surface area (Å²) in [5, 5.41) is 10.3. The highest BCUT2D eigenvalue weighted by Gasteiger charge is 2.28. The molecule has 0 unspecified atom stereocenters. The van der Waals surface area contributed by atoms with Crippen LogP contribution in [-0.2, 0) is 0 Å². The highest BCUT2D eigenvalue weighted by atomic mass is 32.1. The molecule has 24 heavy (non-hydrogen) atoms. The van der Waals surface area contributed by atoms with Gasteiger partial charge in [0.25, 0.3) is 5.91 Å². The normalized spacial score (nSPS) is 19.7. The summed E-state index contributed by atoms with van der Waals surface area (Å²) in [6.07, 6.45) is 9.71. The standard InChI is InChI=1S/C17H23N5OS/c23-16(14-12-19-20-15(14)13-4-2-1-3-5-13)21-7-9-22(10-8-21)17-18-6-11-24-17/h6,11-13H,1-5,7-10H2,(H,19,20). The molecule has 1 amide bonds. The van der Waals surface area contributed by atoms with Crippen molar-refractivity contribution >= 4 is 22.4 Å². The molecule has 2 aromatic heterocycles. The molecule has 0 aromatic carbocycles. The third kappa shape index (κ3) is 3.05. The van der Waals surface area contributed by atoms with Crippen molar-refractivity contribution in [1.29, 1.82) is 0 Å². The highest BCUT2D eigenvalue weighted by molar-refractivity contribution is 7.13. The maximum Gasteiger partial charge on any atom is 0.257 e. The molecule has 1 N–H and O–H groups in total. The van der Waals surface area contributed by atoms with E-state index in [1.54, 1.807) is 17.5 Å². The molecule has 0 bridgehead atoms. The molecule has 1 saturated heterocycles. The smallest absolute Gasteiger partial charge is 0.257 e. The van der Waals surface area contributed by atoms with Gasteiger partial charge in [0, 0.05) is 43.7 Å². The highest BCUT2D eigenvalue weighted by Crippen LogP contribution is 2.33. The Morgan fingerprint density at radius 1 is 1.17 bits per heavy atom. The summed E-state index contributed by atoms with van der Waals surface area (Å²) in [7, 11) is 0. The third-order valence-electron chi connectivity index (χ3n) is 5.17. The largest absolute Gasteiger partial charge is 0.345 e. The number of thiazole rings is 1. The molecule has 0 atom stereocenters. The van der Waals surface area contributed by atoms with E-state index in [1.807, 2.05) is 16.5 Å². The zero-order valence-electron chi connectivity index (χ0n) is 13.8. The van der Waals surface area contributed by atoms with E-state index in [2.05, 4.69) is 20.1 Å². The molecule has 2 aliphatic rings. The van der Waals surface area contributed by atoms with Crippen LogP contribution in [0.15, 0.2) is 17.8 Å². The molecule has 128 valence electrons. The molecular weight excluding hydrogens is 322 g/mol. The van der Waals surface area contributed by atoms with Crippen LogP contribution in [0.5, 0.6) is 0 Å². The Bertz CT molecular complexity index is 669. The molecule has 4 rings (SSSR count). The monoisotopic (exact) mass is 345 g/mol. The number of H-pyrrole nitrogens is 1. The Hall–Kier alpha value is -1.89. The minimum Gasteiger partial charge on any atom is -0.345 e. The van der Waals surface area contributed by atoms with Crippen LogP contribution < -0.4 is 4.90 Å². The fraction of sp³-hybridized carbons (Fsp3) is 0.588. The molecule has 2 fully saturated rings. The van der Waals surface area contributed by atoms with Crippen LogP contribution in [0.2, 0.25) is 0 Å². The summed E-state index contributed by atoms with van der Waals surface area (Å²) >= 11 is 1.65. The summed E-state index contributed by atoms with van der Waals surface area (Å²) in [5.74, 6) is 0.597. The van der Waals surface area contributed by atoms with Crippen LogP contribution in [-0.4, -0.2) is 52.2 Å². The summed E-state index contributed by atoms with van der Waals surface area (Å²) in [6.45, 7) is 3.17. The van der Waals surface area contributed by atoms with Crippen molar-refractivity contribution in [2.45, 2.75) is 38.0 Å². The lowest BCUT2D eigenvalue weighted by Crippen LogP contribution is -2.49. The second kappa shape index (κ2) is 6.93. The number of nitrogens with zero attached hydrogens (tertiary/aromatic N) is 4. The first-order valence-electron chi connectivity index (χ1n) is 8.80. The van der Waals surface area contributed by atoms with Crippen LogP contribution in [0.25, 0.3) is 0 Å². The summed E-state index contributed by atoms with van der Waals surface area (Å²) in [5.41, 5.74) is 1.84. The van der Waals surface area contributed by atoms with E-state index in [0.717, 1.165) is 42.6 Å². The Morgan fingerprint density at radius 2 is 1.96 bits per heavy atom. The molecule has 7 heteroatoms. The molecule has 2 aromatic rings. The van der Waals surface area contributed by atoms with E-state index in [4.69, 9.17) is 0 Å². The second-order valence-corrected chi connectivity index (χ2v) is 7.50. The predicted octanol–water partition coefficient (Wildman–Crippen LogP) is 2.88. The average molecular weight is 345 g/mol. The Morgan fingerprint density at radius 3 is 2.67 bits per heavy atom. The lowest BCUT2D eigenvalue weighted by atomic mass is 9.85. The quantitative estimate of drug-likeness (QED) is 0.929. The van der Waals surface area contributed by atoms with Crippen molar-refractivity contribution in [3.63, 3.8) is 0 Å². The van der Waals surface area contributed by atoms with Gasteiger partial charge < -0.3 is 9.80 Å². The van der Waals surface area contributed by atoms with E-state index in [0.29, 0.717) is 5.92 Å². The van der Waals surface area contributed by atoms with E-state index in [9.17, 15) is 4.79 Å². The number of aromatic nitrogens is 3. The SMILES string of the molecule is O=C(c1cn[nH]c1C1CCCCC1)N1CCN(c2nccs2)CC1.